The van der Waals surface area contributed by atoms with Crippen molar-refractivity contribution in [2.24, 2.45) is 5.41 Å². The number of piperidine rings is 1. The lowest BCUT2D eigenvalue weighted by Gasteiger charge is -2.37. The van der Waals surface area contributed by atoms with Crippen LogP contribution in [0.1, 0.15) is 58.3 Å². The molecular formula is C14H27ClN2O. The number of nitrogens with one attached hydrogen (secondary N) is 2. The highest BCUT2D eigenvalue weighted by Crippen LogP contribution is 2.33. The standard InChI is InChI=1S/C14H26N2O.ClH/c1-2-14(8-10-15-11-9-14)13(17)16-12-6-4-3-5-7-12;/h12,15H,2-11H2,1H3,(H,16,17);1H. The summed E-state index contributed by atoms with van der Waals surface area (Å²) in [5, 5.41) is 6.67. The van der Waals surface area contributed by atoms with Crippen molar-refractivity contribution < 1.29 is 4.79 Å². The van der Waals surface area contributed by atoms with Crippen LogP contribution in [0.15, 0.2) is 0 Å². The Morgan fingerprint density at radius 1 is 1.22 bits per heavy atom. The molecule has 0 aromatic rings. The van der Waals surface area contributed by atoms with Crippen LogP contribution in [0.3, 0.4) is 0 Å². The number of halogens is 1. The lowest BCUT2D eigenvalue weighted by Crippen LogP contribution is -2.50. The summed E-state index contributed by atoms with van der Waals surface area (Å²) in [7, 11) is 0. The summed E-state index contributed by atoms with van der Waals surface area (Å²) in [4.78, 5) is 12.5. The van der Waals surface area contributed by atoms with Gasteiger partial charge >= 0.3 is 0 Å². The number of hydrogen-bond acceptors (Lipinski definition) is 2. The summed E-state index contributed by atoms with van der Waals surface area (Å²) in [6.45, 7) is 4.14. The first-order chi connectivity index (χ1) is 8.27. The Bertz CT molecular complexity index is 259. The van der Waals surface area contributed by atoms with Gasteiger partial charge in [0.2, 0.25) is 5.91 Å². The molecule has 0 bridgehead atoms. The largest absolute Gasteiger partial charge is 0.353 e. The van der Waals surface area contributed by atoms with Gasteiger partial charge in [-0.25, -0.2) is 0 Å². The lowest BCUT2D eigenvalue weighted by atomic mass is 9.75. The summed E-state index contributed by atoms with van der Waals surface area (Å²) in [5.41, 5.74) is -0.0807. The number of rotatable bonds is 3. The molecule has 2 rings (SSSR count). The molecule has 1 aliphatic carbocycles. The third-order valence-electron chi connectivity index (χ3n) is 4.66. The molecular weight excluding hydrogens is 248 g/mol. The number of carbonyl (C=O) groups excluding carboxylic acids is 1. The van der Waals surface area contributed by atoms with Crippen LogP contribution < -0.4 is 10.6 Å². The molecule has 18 heavy (non-hydrogen) atoms. The number of amides is 1. The van der Waals surface area contributed by atoms with Gasteiger partial charge in [-0.05, 0) is 45.2 Å². The van der Waals surface area contributed by atoms with E-state index in [0.29, 0.717) is 11.9 Å². The van der Waals surface area contributed by atoms with Crippen molar-refractivity contribution in [2.45, 2.75) is 64.3 Å². The molecule has 0 radical (unpaired) electrons. The monoisotopic (exact) mass is 274 g/mol. The van der Waals surface area contributed by atoms with Gasteiger partial charge in [0.25, 0.3) is 0 Å². The molecule has 1 heterocycles. The Morgan fingerprint density at radius 3 is 2.39 bits per heavy atom. The smallest absolute Gasteiger partial charge is 0.226 e. The van der Waals surface area contributed by atoms with Gasteiger partial charge in [0.1, 0.15) is 0 Å². The minimum Gasteiger partial charge on any atom is -0.353 e. The van der Waals surface area contributed by atoms with Crippen LogP contribution in [0, 0.1) is 5.41 Å². The SMILES string of the molecule is CCC1(C(=O)NC2CCCCC2)CCNCC1.Cl. The number of hydrogen-bond donors (Lipinski definition) is 2. The van der Waals surface area contributed by atoms with Gasteiger partial charge in [0.15, 0.2) is 0 Å². The fourth-order valence-corrected chi connectivity index (χ4v) is 3.23. The van der Waals surface area contributed by atoms with E-state index in [9.17, 15) is 4.79 Å². The molecule has 0 spiro atoms. The van der Waals surface area contributed by atoms with Crippen LogP contribution in [-0.2, 0) is 4.79 Å². The van der Waals surface area contributed by atoms with Gasteiger partial charge in [-0.15, -0.1) is 12.4 Å². The molecule has 2 aliphatic rings. The van der Waals surface area contributed by atoms with Crippen LogP contribution in [0.25, 0.3) is 0 Å². The third-order valence-corrected chi connectivity index (χ3v) is 4.66. The van der Waals surface area contributed by atoms with E-state index in [4.69, 9.17) is 0 Å². The molecule has 1 saturated carbocycles. The molecule has 106 valence electrons. The predicted octanol–water partition coefficient (Wildman–Crippen LogP) is 2.64. The summed E-state index contributed by atoms with van der Waals surface area (Å²) in [6.07, 6.45) is 9.26. The molecule has 1 saturated heterocycles. The minimum absolute atomic E-state index is 0. The highest BCUT2D eigenvalue weighted by molar-refractivity contribution is 5.85. The zero-order chi connectivity index (χ0) is 12.1. The fraction of sp³-hybridized carbons (Fsp3) is 0.929. The van der Waals surface area contributed by atoms with Crippen molar-refractivity contribution in [1.29, 1.82) is 0 Å². The van der Waals surface area contributed by atoms with Crippen molar-refractivity contribution in [2.75, 3.05) is 13.1 Å². The lowest BCUT2D eigenvalue weighted by molar-refractivity contribution is -0.133. The van der Waals surface area contributed by atoms with E-state index >= 15 is 0 Å². The van der Waals surface area contributed by atoms with Gasteiger partial charge in [-0.1, -0.05) is 26.2 Å². The Kier molecular flexibility index (Phi) is 6.44. The average Bonchev–Trinajstić information content (AvgIpc) is 2.40. The Labute approximate surface area is 117 Å². The van der Waals surface area contributed by atoms with Crippen LogP contribution in [0.5, 0.6) is 0 Å². The van der Waals surface area contributed by atoms with Crippen LogP contribution in [0.2, 0.25) is 0 Å². The van der Waals surface area contributed by atoms with Crippen LogP contribution >= 0.6 is 12.4 Å². The van der Waals surface area contributed by atoms with E-state index in [-0.39, 0.29) is 17.8 Å². The van der Waals surface area contributed by atoms with Crippen molar-refractivity contribution in [1.82, 2.24) is 10.6 Å². The first-order valence-electron chi connectivity index (χ1n) is 7.28. The highest BCUT2D eigenvalue weighted by Gasteiger charge is 2.38. The van der Waals surface area contributed by atoms with E-state index in [0.717, 1.165) is 32.4 Å². The maximum Gasteiger partial charge on any atom is 0.226 e. The molecule has 3 nitrogen and oxygen atoms in total. The maximum atomic E-state index is 12.5. The minimum atomic E-state index is -0.0807. The van der Waals surface area contributed by atoms with Crippen molar-refractivity contribution in [3.05, 3.63) is 0 Å². The van der Waals surface area contributed by atoms with E-state index in [1.165, 1.54) is 32.1 Å². The molecule has 4 heteroatoms. The molecule has 0 atom stereocenters. The maximum absolute atomic E-state index is 12.5. The van der Waals surface area contributed by atoms with Gasteiger partial charge in [-0.2, -0.15) is 0 Å². The van der Waals surface area contributed by atoms with E-state index < -0.39 is 0 Å². The summed E-state index contributed by atoms with van der Waals surface area (Å²) < 4.78 is 0. The second-order valence-corrected chi connectivity index (χ2v) is 5.69. The zero-order valence-electron chi connectivity index (χ0n) is 11.5. The fourth-order valence-electron chi connectivity index (χ4n) is 3.23. The Hall–Kier alpha value is -0.280. The van der Waals surface area contributed by atoms with Crippen molar-refractivity contribution in [3.63, 3.8) is 0 Å². The molecule has 2 fully saturated rings. The van der Waals surface area contributed by atoms with Gasteiger partial charge in [-0.3, -0.25) is 4.79 Å². The Balaban J connectivity index is 0.00000162. The average molecular weight is 275 g/mol. The van der Waals surface area contributed by atoms with Crippen LogP contribution in [-0.4, -0.2) is 25.0 Å². The molecule has 2 N–H and O–H groups in total. The third kappa shape index (κ3) is 3.61. The molecule has 1 amide bonds. The van der Waals surface area contributed by atoms with Crippen molar-refractivity contribution >= 4 is 18.3 Å². The molecule has 1 aliphatic heterocycles. The second kappa shape index (κ2) is 7.34. The summed E-state index contributed by atoms with van der Waals surface area (Å²) in [5.74, 6) is 0.327. The first kappa shape index (κ1) is 15.8. The molecule has 0 unspecified atom stereocenters. The van der Waals surface area contributed by atoms with E-state index in [1.54, 1.807) is 0 Å². The first-order valence-corrected chi connectivity index (χ1v) is 7.28. The highest BCUT2D eigenvalue weighted by atomic mass is 35.5. The topological polar surface area (TPSA) is 41.1 Å². The van der Waals surface area contributed by atoms with E-state index in [2.05, 4.69) is 17.6 Å². The molecule has 0 aromatic carbocycles. The van der Waals surface area contributed by atoms with E-state index in [1.807, 2.05) is 0 Å². The molecule has 0 aromatic heterocycles. The number of carbonyl (C=O) groups is 1. The quantitative estimate of drug-likeness (QED) is 0.831. The summed E-state index contributed by atoms with van der Waals surface area (Å²) in [6, 6.07) is 0.453. The summed E-state index contributed by atoms with van der Waals surface area (Å²) >= 11 is 0. The predicted molar refractivity (Wildman–Crippen MR) is 77.1 cm³/mol. The van der Waals surface area contributed by atoms with Crippen LogP contribution in [0.4, 0.5) is 0 Å². The van der Waals surface area contributed by atoms with Gasteiger partial charge in [0, 0.05) is 6.04 Å². The van der Waals surface area contributed by atoms with Gasteiger partial charge in [0.05, 0.1) is 5.41 Å². The van der Waals surface area contributed by atoms with Crippen molar-refractivity contribution in [3.8, 4) is 0 Å². The van der Waals surface area contributed by atoms with Gasteiger partial charge < -0.3 is 10.6 Å². The second-order valence-electron chi connectivity index (χ2n) is 5.69. The normalized spacial score (nSPS) is 24.1. The Morgan fingerprint density at radius 2 is 1.83 bits per heavy atom. The zero-order valence-corrected chi connectivity index (χ0v) is 12.3.